The first-order valence-electron chi connectivity index (χ1n) is 8.71. The van der Waals surface area contributed by atoms with Gasteiger partial charge in [0.05, 0.1) is 18.2 Å². The molecule has 2 saturated carbocycles. The Kier molecular flexibility index (Phi) is 5.41. The van der Waals surface area contributed by atoms with Gasteiger partial charge in [0.25, 0.3) is 5.91 Å². The molecule has 0 radical (unpaired) electrons. The molecule has 2 fully saturated rings. The van der Waals surface area contributed by atoms with Gasteiger partial charge in [0.1, 0.15) is 6.17 Å². The first-order valence-corrected chi connectivity index (χ1v) is 8.71. The summed E-state index contributed by atoms with van der Waals surface area (Å²) in [6.45, 7) is -0.280. The highest BCUT2D eigenvalue weighted by Crippen LogP contribution is 2.35. The van der Waals surface area contributed by atoms with Crippen molar-refractivity contribution in [1.82, 2.24) is 10.2 Å². The van der Waals surface area contributed by atoms with E-state index in [0.29, 0.717) is 19.3 Å². The molecular weight excluding hydrogens is 368 g/mol. The predicted octanol–water partition coefficient (Wildman–Crippen LogP) is 2.15. The van der Waals surface area contributed by atoms with Crippen LogP contribution < -0.4 is 5.32 Å². The lowest BCUT2D eigenvalue weighted by atomic mass is 9.89. The van der Waals surface area contributed by atoms with Gasteiger partial charge in [0.15, 0.2) is 0 Å². The van der Waals surface area contributed by atoms with Crippen molar-refractivity contribution in [2.45, 2.75) is 43.8 Å². The maximum absolute atomic E-state index is 13.2. The second-order valence-corrected chi connectivity index (χ2v) is 7.16. The summed E-state index contributed by atoms with van der Waals surface area (Å²) in [5, 5.41) is 11.9. The Morgan fingerprint density at radius 2 is 1.74 bits per heavy atom. The van der Waals surface area contributed by atoms with Crippen molar-refractivity contribution in [1.29, 1.82) is 0 Å². The van der Waals surface area contributed by atoms with Crippen molar-refractivity contribution in [2.24, 2.45) is 5.92 Å². The third kappa shape index (κ3) is 4.97. The number of nitrogens with zero attached hydrogens (tertiary/aromatic N) is 1. The normalized spacial score (nSPS) is 26.9. The Hall–Kier alpha value is -2.16. The zero-order valence-electron chi connectivity index (χ0n) is 14.4. The number of hydrogen-bond acceptors (Lipinski definition) is 3. The number of nitrogens with one attached hydrogen (secondary N) is 1. The number of alkyl halides is 4. The van der Waals surface area contributed by atoms with Crippen LogP contribution in [0.1, 0.15) is 35.2 Å². The molecular formula is C18H20F4N2O3. The summed E-state index contributed by atoms with van der Waals surface area (Å²) in [5.74, 6) is -1.42. The van der Waals surface area contributed by atoms with Crippen molar-refractivity contribution < 1.29 is 32.3 Å². The summed E-state index contributed by atoms with van der Waals surface area (Å²) in [6, 6.07) is 3.55. The summed E-state index contributed by atoms with van der Waals surface area (Å²) in [7, 11) is 0. The lowest BCUT2D eigenvalue weighted by Crippen LogP contribution is -2.50. The van der Waals surface area contributed by atoms with Gasteiger partial charge in [-0.3, -0.25) is 9.59 Å². The molecule has 5 nitrogen and oxygen atoms in total. The molecule has 2 atom stereocenters. The molecule has 2 N–H and O–H groups in total. The Morgan fingerprint density at radius 1 is 1.15 bits per heavy atom. The fourth-order valence-electron chi connectivity index (χ4n) is 3.04. The summed E-state index contributed by atoms with van der Waals surface area (Å²) in [4.78, 5) is 25.9. The second-order valence-electron chi connectivity index (χ2n) is 7.16. The van der Waals surface area contributed by atoms with Crippen LogP contribution in [0.2, 0.25) is 0 Å². The molecule has 2 aliphatic carbocycles. The molecule has 1 aromatic rings. The SMILES string of the molecule is O=C(CN(CC1CC1F)C(=O)c1ccc(C(F)(F)F)cc1)NC1CC(O)C1. The number of halogens is 4. The second kappa shape index (κ2) is 7.46. The number of carbonyl (C=O) groups excluding carboxylic acids is 2. The Labute approximate surface area is 153 Å². The minimum Gasteiger partial charge on any atom is -0.393 e. The van der Waals surface area contributed by atoms with Crippen LogP contribution in [0.25, 0.3) is 0 Å². The van der Waals surface area contributed by atoms with E-state index in [1.165, 1.54) is 0 Å². The van der Waals surface area contributed by atoms with Crippen LogP contribution in [-0.4, -0.2) is 53.2 Å². The lowest BCUT2D eigenvalue weighted by molar-refractivity contribution is -0.137. The maximum atomic E-state index is 13.2. The van der Waals surface area contributed by atoms with Crippen molar-refractivity contribution in [2.75, 3.05) is 13.1 Å². The molecule has 2 amide bonds. The molecule has 0 heterocycles. The van der Waals surface area contributed by atoms with E-state index in [-0.39, 0.29) is 30.6 Å². The number of hydrogen-bond donors (Lipinski definition) is 2. The third-order valence-corrected chi connectivity index (χ3v) is 4.85. The Bertz CT molecular complexity index is 702. The van der Waals surface area contributed by atoms with E-state index in [9.17, 15) is 32.3 Å². The van der Waals surface area contributed by atoms with Crippen molar-refractivity contribution in [3.05, 3.63) is 35.4 Å². The van der Waals surface area contributed by atoms with E-state index in [1.807, 2.05) is 0 Å². The monoisotopic (exact) mass is 388 g/mol. The van der Waals surface area contributed by atoms with E-state index >= 15 is 0 Å². The van der Waals surface area contributed by atoms with Crippen molar-refractivity contribution in [3.63, 3.8) is 0 Å². The molecule has 1 aromatic carbocycles. The van der Waals surface area contributed by atoms with Gasteiger partial charge in [-0.25, -0.2) is 4.39 Å². The van der Waals surface area contributed by atoms with Gasteiger partial charge in [-0.2, -0.15) is 13.2 Å². The van der Waals surface area contributed by atoms with E-state index in [1.54, 1.807) is 0 Å². The van der Waals surface area contributed by atoms with E-state index < -0.39 is 35.8 Å². The standard InChI is InChI=1S/C18H20F4N2O3/c19-15-5-11(15)8-24(9-16(26)23-13-6-14(25)7-13)17(27)10-1-3-12(4-2-10)18(20,21)22/h1-4,11,13-15,25H,5-9H2,(H,23,26). The first kappa shape index (κ1) is 19.6. The highest BCUT2D eigenvalue weighted by Gasteiger charge is 2.40. The minimum atomic E-state index is -4.51. The highest BCUT2D eigenvalue weighted by atomic mass is 19.4. The van der Waals surface area contributed by atoms with Crippen LogP contribution in [0.4, 0.5) is 17.6 Å². The molecule has 0 aromatic heterocycles. The molecule has 0 bridgehead atoms. The van der Waals surface area contributed by atoms with Gasteiger partial charge in [-0.05, 0) is 43.5 Å². The van der Waals surface area contributed by atoms with E-state index in [4.69, 9.17) is 0 Å². The number of aliphatic hydroxyl groups excluding tert-OH is 1. The molecule has 3 rings (SSSR count). The molecule has 2 aliphatic rings. The van der Waals surface area contributed by atoms with Crippen LogP contribution in [0.3, 0.4) is 0 Å². The number of aliphatic hydroxyl groups is 1. The summed E-state index contributed by atoms with van der Waals surface area (Å²) in [5.41, 5.74) is -0.871. The van der Waals surface area contributed by atoms with Gasteiger partial charge in [0, 0.05) is 24.1 Å². The summed E-state index contributed by atoms with van der Waals surface area (Å²) in [6.07, 6.45) is -4.81. The van der Waals surface area contributed by atoms with Gasteiger partial charge in [0.2, 0.25) is 5.91 Å². The molecule has 27 heavy (non-hydrogen) atoms. The quantitative estimate of drug-likeness (QED) is 0.734. The molecule has 9 heteroatoms. The van der Waals surface area contributed by atoms with Gasteiger partial charge < -0.3 is 15.3 Å². The Balaban J connectivity index is 1.66. The van der Waals surface area contributed by atoms with E-state index in [2.05, 4.69) is 5.32 Å². The smallest absolute Gasteiger partial charge is 0.393 e. The zero-order chi connectivity index (χ0) is 19.8. The largest absolute Gasteiger partial charge is 0.416 e. The lowest BCUT2D eigenvalue weighted by Gasteiger charge is -2.32. The molecule has 0 aliphatic heterocycles. The summed E-state index contributed by atoms with van der Waals surface area (Å²) < 4.78 is 51.2. The number of amides is 2. The summed E-state index contributed by atoms with van der Waals surface area (Å²) >= 11 is 0. The topological polar surface area (TPSA) is 69.6 Å². The average Bonchev–Trinajstić information content (AvgIpc) is 3.26. The predicted molar refractivity (Wildman–Crippen MR) is 87.5 cm³/mol. The Morgan fingerprint density at radius 3 is 2.22 bits per heavy atom. The number of benzene rings is 1. The number of carbonyl (C=O) groups is 2. The molecule has 2 unspecified atom stereocenters. The van der Waals surface area contributed by atoms with Crippen LogP contribution in [0.15, 0.2) is 24.3 Å². The number of rotatable bonds is 6. The van der Waals surface area contributed by atoms with E-state index in [0.717, 1.165) is 29.2 Å². The third-order valence-electron chi connectivity index (χ3n) is 4.85. The first-order chi connectivity index (χ1) is 12.6. The van der Waals surface area contributed by atoms with Crippen LogP contribution in [0, 0.1) is 5.92 Å². The molecule has 148 valence electrons. The fourth-order valence-corrected chi connectivity index (χ4v) is 3.04. The fraction of sp³-hybridized carbons (Fsp3) is 0.556. The molecule has 0 spiro atoms. The van der Waals surface area contributed by atoms with Gasteiger partial charge in [-0.15, -0.1) is 0 Å². The highest BCUT2D eigenvalue weighted by molar-refractivity contribution is 5.96. The zero-order valence-corrected chi connectivity index (χ0v) is 14.4. The van der Waals surface area contributed by atoms with Crippen LogP contribution >= 0.6 is 0 Å². The van der Waals surface area contributed by atoms with Crippen molar-refractivity contribution >= 4 is 11.8 Å². The minimum absolute atomic E-state index is 0.00549. The van der Waals surface area contributed by atoms with Crippen LogP contribution in [-0.2, 0) is 11.0 Å². The van der Waals surface area contributed by atoms with Crippen LogP contribution in [0.5, 0.6) is 0 Å². The molecule has 0 saturated heterocycles. The van der Waals surface area contributed by atoms with Gasteiger partial charge >= 0.3 is 6.18 Å². The average molecular weight is 388 g/mol. The van der Waals surface area contributed by atoms with Crippen molar-refractivity contribution in [3.8, 4) is 0 Å². The van der Waals surface area contributed by atoms with Gasteiger partial charge in [-0.1, -0.05) is 0 Å². The maximum Gasteiger partial charge on any atom is 0.416 e.